The predicted molar refractivity (Wildman–Crippen MR) is 55.0 cm³/mol. The first-order valence-corrected chi connectivity index (χ1v) is 4.45. The van der Waals surface area contributed by atoms with E-state index in [1.165, 1.54) is 29.6 Å². The molecule has 0 radical (unpaired) electrons. The summed E-state index contributed by atoms with van der Waals surface area (Å²) < 4.78 is 0. The number of allylic oxidation sites excluding steroid dienone is 7. The lowest BCUT2D eigenvalue weighted by molar-refractivity contribution is 0.944. The average molecular weight is 160 g/mol. The van der Waals surface area contributed by atoms with E-state index in [0.717, 1.165) is 0 Å². The third-order valence-corrected chi connectivity index (χ3v) is 2.27. The molecule has 0 unspecified atom stereocenters. The Morgan fingerprint density at radius 2 is 2.33 bits per heavy atom. The molecule has 0 heteroatoms. The molecule has 0 aromatic rings. The number of rotatable bonds is 2. The lowest BCUT2D eigenvalue weighted by Gasteiger charge is -2.12. The van der Waals surface area contributed by atoms with Crippen LogP contribution in [-0.2, 0) is 0 Å². The molecule has 0 fully saturated rings. The number of hydrogen-bond acceptors (Lipinski definition) is 0. The van der Waals surface area contributed by atoms with E-state index < -0.39 is 0 Å². The monoisotopic (exact) mass is 160 g/mol. The molecule has 0 aromatic carbocycles. The summed E-state index contributed by atoms with van der Waals surface area (Å²) in [4.78, 5) is 0. The van der Waals surface area contributed by atoms with Gasteiger partial charge in [0.15, 0.2) is 0 Å². The van der Waals surface area contributed by atoms with Crippen LogP contribution in [0.4, 0.5) is 0 Å². The van der Waals surface area contributed by atoms with Crippen molar-refractivity contribution < 1.29 is 0 Å². The fraction of sp³-hybridized carbons (Fsp3) is 0.333. The van der Waals surface area contributed by atoms with Crippen LogP contribution in [0.2, 0.25) is 0 Å². The van der Waals surface area contributed by atoms with Gasteiger partial charge in [0.1, 0.15) is 0 Å². The molecule has 0 heterocycles. The maximum Gasteiger partial charge on any atom is -0.0201 e. The number of hydrogen-bond donors (Lipinski definition) is 0. The highest BCUT2D eigenvalue weighted by atomic mass is 14.1. The largest absolute Gasteiger partial charge is 0.0985 e. The van der Waals surface area contributed by atoms with Crippen molar-refractivity contribution in [3.05, 3.63) is 47.6 Å². The minimum atomic E-state index is 1.18. The van der Waals surface area contributed by atoms with Crippen LogP contribution >= 0.6 is 0 Å². The zero-order valence-corrected chi connectivity index (χ0v) is 7.93. The second-order valence-corrected chi connectivity index (χ2v) is 3.08. The second-order valence-electron chi connectivity index (χ2n) is 3.08. The standard InChI is InChI=1S/C12H16/c1-4-11(5-2)12-9-7-6-8-10(12)3/h4-5,7,9H,1,6,8H2,2-3H3/b11-5-. The van der Waals surface area contributed by atoms with Crippen LogP contribution in [0.25, 0.3) is 0 Å². The van der Waals surface area contributed by atoms with E-state index in [1.54, 1.807) is 0 Å². The van der Waals surface area contributed by atoms with Crippen molar-refractivity contribution >= 4 is 0 Å². The smallest absolute Gasteiger partial charge is 0.0201 e. The van der Waals surface area contributed by atoms with Gasteiger partial charge in [-0.25, -0.2) is 0 Å². The molecule has 0 aliphatic heterocycles. The molecule has 0 spiro atoms. The Hall–Kier alpha value is -1.04. The molecule has 1 rings (SSSR count). The summed E-state index contributed by atoms with van der Waals surface area (Å²) in [5.74, 6) is 0. The van der Waals surface area contributed by atoms with Gasteiger partial charge < -0.3 is 0 Å². The first-order valence-electron chi connectivity index (χ1n) is 4.45. The highest BCUT2D eigenvalue weighted by molar-refractivity contribution is 5.49. The van der Waals surface area contributed by atoms with Crippen LogP contribution < -0.4 is 0 Å². The lowest BCUT2D eigenvalue weighted by atomic mass is 9.93. The average Bonchev–Trinajstić information content (AvgIpc) is 2.10. The van der Waals surface area contributed by atoms with Crippen LogP contribution in [0, 0.1) is 0 Å². The molecular weight excluding hydrogens is 144 g/mol. The summed E-state index contributed by atoms with van der Waals surface area (Å²) >= 11 is 0. The SMILES string of the molecule is C=C/C(=C/C)C1=C(C)CCC=C1. The molecule has 0 bridgehead atoms. The summed E-state index contributed by atoms with van der Waals surface area (Å²) in [7, 11) is 0. The van der Waals surface area contributed by atoms with Crippen molar-refractivity contribution in [1.82, 2.24) is 0 Å². The Bertz CT molecular complexity index is 262. The van der Waals surface area contributed by atoms with Crippen molar-refractivity contribution in [2.24, 2.45) is 0 Å². The highest BCUT2D eigenvalue weighted by Crippen LogP contribution is 2.24. The van der Waals surface area contributed by atoms with Crippen LogP contribution in [0.15, 0.2) is 47.6 Å². The van der Waals surface area contributed by atoms with Crippen LogP contribution in [0.3, 0.4) is 0 Å². The molecule has 1 aliphatic rings. The quantitative estimate of drug-likeness (QED) is 0.539. The summed E-state index contributed by atoms with van der Waals surface area (Å²) in [6.45, 7) is 8.06. The van der Waals surface area contributed by atoms with Gasteiger partial charge in [0.2, 0.25) is 0 Å². The topological polar surface area (TPSA) is 0 Å². The first-order chi connectivity index (χ1) is 5.79. The van der Waals surface area contributed by atoms with Crippen LogP contribution in [0.5, 0.6) is 0 Å². The van der Waals surface area contributed by atoms with Gasteiger partial charge in [0.25, 0.3) is 0 Å². The van der Waals surface area contributed by atoms with Gasteiger partial charge in [-0.15, -0.1) is 0 Å². The highest BCUT2D eigenvalue weighted by Gasteiger charge is 2.05. The molecule has 0 saturated carbocycles. The summed E-state index contributed by atoms with van der Waals surface area (Å²) in [5.41, 5.74) is 4.09. The molecule has 0 aromatic heterocycles. The normalized spacial score (nSPS) is 18.3. The zero-order chi connectivity index (χ0) is 8.97. The van der Waals surface area contributed by atoms with Crippen LogP contribution in [-0.4, -0.2) is 0 Å². The minimum absolute atomic E-state index is 1.18. The molecule has 1 aliphatic carbocycles. The molecule has 0 nitrogen and oxygen atoms in total. The van der Waals surface area contributed by atoms with E-state index in [4.69, 9.17) is 0 Å². The predicted octanol–water partition coefficient (Wildman–Crippen LogP) is 3.79. The van der Waals surface area contributed by atoms with Crippen molar-refractivity contribution in [1.29, 1.82) is 0 Å². The van der Waals surface area contributed by atoms with E-state index in [1.807, 2.05) is 6.08 Å². The second kappa shape index (κ2) is 4.10. The lowest BCUT2D eigenvalue weighted by Crippen LogP contribution is -1.93. The third-order valence-electron chi connectivity index (χ3n) is 2.27. The summed E-state index contributed by atoms with van der Waals surface area (Å²) in [5, 5.41) is 0. The molecule has 0 amide bonds. The Morgan fingerprint density at radius 1 is 1.58 bits per heavy atom. The van der Waals surface area contributed by atoms with E-state index in [9.17, 15) is 0 Å². The minimum Gasteiger partial charge on any atom is -0.0985 e. The van der Waals surface area contributed by atoms with Crippen molar-refractivity contribution in [3.8, 4) is 0 Å². The van der Waals surface area contributed by atoms with Gasteiger partial charge >= 0.3 is 0 Å². The van der Waals surface area contributed by atoms with Gasteiger partial charge in [-0.1, -0.05) is 36.5 Å². The Balaban J connectivity index is 3.00. The van der Waals surface area contributed by atoms with Gasteiger partial charge in [-0.05, 0) is 37.8 Å². The molecule has 0 atom stereocenters. The van der Waals surface area contributed by atoms with E-state index in [0.29, 0.717) is 0 Å². The fourth-order valence-corrected chi connectivity index (χ4v) is 1.50. The fourth-order valence-electron chi connectivity index (χ4n) is 1.50. The maximum atomic E-state index is 3.81. The third kappa shape index (κ3) is 1.76. The van der Waals surface area contributed by atoms with E-state index >= 15 is 0 Å². The Labute approximate surface area is 75.0 Å². The maximum absolute atomic E-state index is 3.81. The van der Waals surface area contributed by atoms with Gasteiger partial charge in [0, 0.05) is 0 Å². The summed E-state index contributed by atoms with van der Waals surface area (Å²) in [6, 6.07) is 0. The van der Waals surface area contributed by atoms with Gasteiger partial charge in [0.05, 0.1) is 0 Å². The Morgan fingerprint density at radius 3 is 2.83 bits per heavy atom. The first kappa shape index (κ1) is 9.05. The molecular formula is C12H16. The van der Waals surface area contributed by atoms with E-state index in [-0.39, 0.29) is 0 Å². The van der Waals surface area contributed by atoms with Crippen molar-refractivity contribution in [3.63, 3.8) is 0 Å². The molecule has 12 heavy (non-hydrogen) atoms. The van der Waals surface area contributed by atoms with Gasteiger partial charge in [-0.3, -0.25) is 0 Å². The molecule has 64 valence electrons. The Kier molecular flexibility index (Phi) is 3.09. The molecule has 0 saturated heterocycles. The summed E-state index contributed by atoms with van der Waals surface area (Å²) in [6.07, 6.45) is 10.8. The van der Waals surface area contributed by atoms with Crippen LogP contribution in [0.1, 0.15) is 26.7 Å². The van der Waals surface area contributed by atoms with Crippen molar-refractivity contribution in [2.45, 2.75) is 26.7 Å². The molecule has 0 N–H and O–H groups in total. The zero-order valence-electron chi connectivity index (χ0n) is 7.93. The van der Waals surface area contributed by atoms with E-state index in [2.05, 4.69) is 38.7 Å². The van der Waals surface area contributed by atoms with Gasteiger partial charge in [-0.2, -0.15) is 0 Å². The van der Waals surface area contributed by atoms with Crippen molar-refractivity contribution in [2.75, 3.05) is 0 Å².